The number of carbonyl (C=O) groups excluding carboxylic acids is 1. The summed E-state index contributed by atoms with van der Waals surface area (Å²) in [7, 11) is 0. The topological polar surface area (TPSA) is 78.4 Å². The minimum atomic E-state index is -1.03. The van der Waals surface area contributed by atoms with Crippen LogP contribution in [-0.2, 0) is 4.79 Å². The third kappa shape index (κ3) is 4.83. The summed E-state index contributed by atoms with van der Waals surface area (Å²) in [5.41, 5.74) is 0.0564. The van der Waals surface area contributed by atoms with E-state index in [2.05, 4.69) is 10.6 Å². The molecule has 0 radical (unpaired) electrons. The number of halogens is 2. The van der Waals surface area contributed by atoms with E-state index in [1.807, 2.05) is 0 Å². The maximum absolute atomic E-state index is 13.6. The third-order valence-corrected chi connectivity index (χ3v) is 2.67. The highest BCUT2D eigenvalue weighted by molar-refractivity contribution is 5.75. The van der Waals surface area contributed by atoms with Crippen LogP contribution >= 0.6 is 0 Å². The van der Waals surface area contributed by atoms with E-state index < -0.39 is 29.7 Å². The average molecular weight is 286 g/mol. The summed E-state index contributed by atoms with van der Waals surface area (Å²) in [6.07, 6.45) is 0.158. The smallest absolute Gasteiger partial charge is 0.315 e. The molecule has 1 unspecified atom stereocenters. The van der Waals surface area contributed by atoms with Crippen LogP contribution in [0.1, 0.15) is 31.4 Å². The number of amides is 2. The first-order valence-corrected chi connectivity index (χ1v) is 6.15. The minimum Gasteiger partial charge on any atom is -0.481 e. The molecule has 20 heavy (non-hydrogen) atoms. The second kappa shape index (κ2) is 7.42. The highest BCUT2D eigenvalue weighted by Gasteiger charge is 2.17. The highest BCUT2D eigenvalue weighted by Crippen LogP contribution is 2.20. The van der Waals surface area contributed by atoms with Gasteiger partial charge in [-0.15, -0.1) is 0 Å². The summed E-state index contributed by atoms with van der Waals surface area (Å²) in [6.45, 7) is 1.68. The van der Waals surface area contributed by atoms with Gasteiger partial charge in [-0.3, -0.25) is 4.79 Å². The van der Waals surface area contributed by atoms with Gasteiger partial charge < -0.3 is 15.7 Å². The van der Waals surface area contributed by atoms with Crippen LogP contribution in [0.25, 0.3) is 0 Å². The molecule has 0 aliphatic heterocycles. The van der Waals surface area contributed by atoms with Crippen molar-refractivity contribution in [1.82, 2.24) is 10.6 Å². The minimum absolute atomic E-state index is 0.0385. The summed E-state index contributed by atoms with van der Waals surface area (Å²) in [5.74, 6) is -2.23. The number of carboxylic acids is 1. The zero-order valence-electron chi connectivity index (χ0n) is 11.0. The van der Waals surface area contributed by atoms with E-state index in [9.17, 15) is 18.4 Å². The third-order valence-electron chi connectivity index (χ3n) is 2.67. The molecule has 0 saturated carbocycles. The van der Waals surface area contributed by atoms with Gasteiger partial charge >= 0.3 is 12.0 Å². The van der Waals surface area contributed by atoms with Crippen molar-refractivity contribution in [1.29, 1.82) is 0 Å². The molecular weight excluding hydrogens is 270 g/mol. The molecule has 0 aromatic heterocycles. The van der Waals surface area contributed by atoms with Gasteiger partial charge in [-0.05, 0) is 24.6 Å². The van der Waals surface area contributed by atoms with Crippen molar-refractivity contribution in [2.24, 2.45) is 0 Å². The lowest BCUT2D eigenvalue weighted by atomic mass is 10.0. The monoisotopic (exact) mass is 286 g/mol. The van der Waals surface area contributed by atoms with Crippen LogP contribution < -0.4 is 10.6 Å². The molecule has 0 bridgehead atoms. The standard InChI is InChI=1S/C13H16F2N2O3/c1-2-11(9-7-8(14)3-4-10(9)15)17-13(20)16-6-5-12(18)19/h3-4,7,11H,2,5-6H2,1H3,(H,18,19)(H2,16,17,20). The lowest BCUT2D eigenvalue weighted by Crippen LogP contribution is -2.39. The number of nitrogens with one attached hydrogen (secondary N) is 2. The molecule has 5 nitrogen and oxygen atoms in total. The molecule has 0 spiro atoms. The van der Waals surface area contributed by atoms with Crippen molar-refractivity contribution < 1.29 is 23.5 Å². The van der Waals surface area contributed by atoms with Crippen LogP contribution in [0, 0.1) is 11.6 Å². The Morgan fingerprint density at radius 1 is 1.35 bits per heavy atom. The van der Waals surface area contributed by atoms with Crippen LogP contribution in [0.2, 0.25) is 0 Å². The maximum atomic E-state index is 13.6. The quantitative estimate of drug-likeness (QED) is 0.750. The van der Waals surface area contributed by atoms with E-state index in [1.54, 1.807) is 6.92 Å². The molecule has 0 aliphatic carbocycles. The molecule has 0 aliphatic rings. The maximum Gasteiger partial charge on any atom is 0.315 e. The van der Waals surface area contributed by atoms with Crippen LogP contribution in [0.4, 0.5) is 13.6 Å². The summed E-state index contributed by atoms with van der Waals surface area (Å²) in [4.78, 5) is 21.8. The average Bonchev–Trinajstić information content (AvgIpc) is 2.38. The zero-order valence-corrected chi connectivity index (χ0v) is 11.0. The Balaban J connectivity index is 2.64. The largest absolute Gasteiger partial charge is 0.481 e. The zero-order chi connectivity index (χ0) is 15.1. The van der Waals surface area contributed by atoms with E-state index >= 15 is 0 Å². The van der Waals surface area contributed by atoms with E-state index in [-0.39, 0.29) is 18.5 Å². The van der Waals surface area contributed by atoms with Gasteiger partial charge in [0.1, 0.15) is 11.6 Å². The Morgan fingerprint density at radius 3 is 2.65 bits per heavy atom. The molecule has 1 aromatic rings. The summed E-state index contributed by atoms with van der Waals surface area (Å²) >= 11 is 0. The van der Waals surface area contributed by atoms with Gasteiger partial charge in [-0.25, -0.2) is 13.6 Å². The van der Waals surface area contributed by atoms with E-state index in [4.69, 9.17) is 5.11 Å². The number of aliphatic carboxylic acids is 1. The van der Waals surface area contributed by atoms with E-state index in [0.29, 0.717) is 6.42 Å². The van der Waals surface area contributed by atoms with Gasteiger partial charge in [-0.1, -0.05) is 6.92 Å². The normalized spacial score (nSPS) is 11.8. The molecule has 1 atom stereocenters. The van der Waals surface area contributed by atoms with Crippen LogP contribution in [0.3, 0.4) is 0 Å². The predicted octanol–water partition coefficient (Wildman–Crippen LogP) is 2.19. The van der Waals surface area contributed by atoms with Crippen molar-refractivity contribution in [3.05, 3.63) is 35.4 Å². The number of benzene rings is 1. The van der Waals surface area contributed by atoms with Crippen molar-refractivity contribution in [3.8, 4) is 0 Å². The number of hydrogen-bond acceptors (Lipinski definition) is 2. The Labute approximate surface area is 115 Å². The molecule has 0 heterocycles. The Kier molecular flexibility index (Phi) is 5.89. The second-order valence-corrected chi connectivity index (χ2v) is 4.17. The molecule has 7 heteroatoms. The van der Waals surface area contributed by atoms with Gasteiger partial charge in [0, 0.05) is 12.1 Å². The van der Waals surface area contributed by atoms with Crippen molar-refractivity contribution in [3.63, 3.8) is 0 Å². The summed E-state index contributed by atoms with van der Waals surface area (Å²) in [5, 5.41) is 13.2. The number of rotatable bonds is 6. The van der Waals surface area contributed by atoms with Crippen LogP contribution in [-0.4, -0.2) is 23.7 Å². The molecule has 0 fully saturated rings. The molecule has 0 saturated heterocycles. The lowest BCUT2D eigenvalue weighted by molar-refractivity contribution is -0.136. The SMILES string of the molecule is CCC(NC(=O)NCCC(=O)O)c1cc(F)ccc1F. The first kappa shape index (κ1) is 15.9. The highest BCUT2D eigenvalue weighted by atomic mass is 19.1. The number of urea groups is 1. The van der Waals surface area contributed by atoms with Gasteiger partial charge in [0.15, 0.2) is 0 Å². The van der Waals surface area contributed by atoms with Gasteiger partial charge in [-0.2, -0.15) is 0 Å². The predicted molar refractivity (Wildman–Crippen MR) is 68.2 cm³/mol. The fourth-order valence-corrected chi connectivity index (χ4v) is 1.67. The van der Waals surface area contributed by atoms with Gasteiger partial charge in [0.25, 0.3) is 0 Å². The van der Waals surface area contributed by atoms with Gasteiger partial charge in [0.05, 0.1) is 12.5 Å². The molecule has 3 N–H and O–H groups in total. The van der Waals surface area contributed by atoms with Crippen molar-refractivity contribution in [2.45, 2.75) is 25.8 Å². The number of hydrogen-bond donors (Lipinski definition) is 3. The van der Waals surface area contributed by atoms with Crippen LogP contribution in [0.5, 0.6) is 0 Å². The Morgan fingerprint density at radius 2 is 2.05 bits per heavy atom. The van der Waals surface area contributed by atoms with Crippen LogP contribution in [0.15, 0.2) is 18.2 Å². The number of carboxylic acid groups (broad SMARTS) is 1. The first-order chi connectivity index (χ1) is 9.43. The number of carbonyl (C=O) groups is 2. The van der Waals surface area contributed by atoms with Crippen molar-refractivity contribution in [2.75, 3.05) is 6.54 Å². The molecule has 110 valence electrons. The van der Waals surface area contributed by atoms with E-state index in [0.717, 1.165) is 18.2 Å². The van der Waals surface area contributed by atoms with Crippen molar-refractivity contribution >= 4 is 12.0 Å². The molecule has 1 rings (SSSR count). The molecule has 2 amide bonds. The lowest BCUT2D eigenvalue weighted by Gasteiger charge is -2.18. The first-order valence-electron chi connectivity index (χ1n) is 6.15. The summed E-state index contributed by atoms with van der Waals surface area (Å²) in [6, 6.07) is 1.72. The second-order valence-electron chi connectivity index (χ2n) is 4.17. The Hall–Kier alpha value is -2.18. The van der Waals surface area contributed by atoms with E-state index in [1.165, 1.54) is 0 Å². The fourth-order valence-electron chi connectivity index (χ4n) is 1.67. The Bertz CT molecular complexity index is 495. The van der Waals surface area contributed by atoms with Gasteiger partial charge in [0.2, 0.25) is 0 Å². The fraction of sp³-hybridized carbons (Fsp3) is 0.385. The molecule has 1 aromatic carbocycles. The molecular formula is C13H16F2N2O3. The summed E-state index contributed by atoms with van der Waals surface area (Å²) < 4.78 is 26.7.